The van der Waals surface area contributed by atoms with E-state index in [-0.39, 0.29) is 11.7 Å². The summed E-state index contributed by atoms with van der Waals surface area (Å²) in [5.41, 5.74) is 3.29. The van der Waals surface area contributed by atoms with E-state index in [9.17, 15) is 9.18 Å². The van der Waals surface area contributed by atoms with Crippen LogP contribution in [-0.2, 0) is 13.0 Å². The summed E-state index contributed by atoms with van der Waals surface area (Å²) in [6.45, 7) is 2.33. The minimum Gasteiger partial charge on any atom is -0.352 e. The molecule has 3 aromatic rings. The minimum atomic E-state index is -0.310. The quantitative estimate of drug-likeness (QED) is 0.686. The van der Waals surface area contributed by atoms with Gasteiger partial charge in [-0.15, -0.1) is 0 Å². The Morgan fingerprint density at radius 3 is 2.95 bits per heavy atom. The second-order valence-electron chi connectivity index (χ2n) is 5.25. The van der Waals surface area contributed by atoms with Crippen LogP contribution in [0.2, 0.25) is 0 Å². The Morgan fingerprint density at radius 2 is 2.19 bits per heavy atom. The molecule has 2 N–H and O–H groups in total. The Kier molecular flexibility index (Phi) is 2.63. The minimum absolute atomic E-state index is 0.174. The smallest absolute Gasteiger partial charge is 0.252 e. The molecule has 2 heterocycles. The van der Waals surface area contributed by atoms with E-state index in [1.165, 1.54) is 0 Å². The van der Waals surface area contributed by atoms with Crippen molar-refractivity contribution in [1.82, 2.24) is 10.3 Å². The lowest BCUT2D eigenvalue weighted by atomic mass is 9.95. The van der Waals surface area contributed by atoms with Crippen LogP contribution in [0.3, 0.4) is 0 Å². The topological polar surface area (TPSA) is 44.9 Å². The van der Waals surface area contributed by atoms with Gasteiger partial charge in [-0.2, -0.15) is 0 Å². The van der Waals surface area contributed by atoms with E-state index < -0.39 is 0 Å². The van der Waals surface area contributed by atoms with Crippen molar-refractivity contribution in [3.8, 4) is 0 Å². The number of halogens is 2. The van der Waals surface area contributed by atoms with Crippen LogP contribution in [0.5, 0.6) is 0 Å². The molecule has 4 rings (SSSR count). The van der Waals surface area contributed by atoms with Crippen LogP contribution in [-0.4, -0.2) is 10.9 Å². The molecule has 5 heteroatoms. The standard InChI is InChI=1S/C16H12BrFN2O/c1-2-8-13-10(6-19-16(13)21)12-9-5-7(17)3-4-11(9)20-15(12)14(8)18/h3-5,20H,2,6H2,1H3,(H,19,21). The molecular weight excluding hydrogens is 335 g/mol. The van der Waals surface area contributed by atoms with Gasteiger partial charge >= 0.3 is 0 Å². The lowest BCUT2D eigenvalue weighted by molar-refractivity contribution is 0.0964. The van der Waals surface area contributed by atoms with E-state index in [0.29, 0.717) is 29.6 Å². The van der Waals surface area contributed by atoms with Crippen LogP contribution in [0, 0.1) is 5.82 Å². The van der Waals surface area contributed by atoms with Gasteiger partial charge < -0.3 is 10.3 Å². The van der Waals surface area contributed by atoms with Gasteiger partial charge in [0.1, 0.15) is 0 Å². The molecule has 0 spiro atoms. The van der Waals surface area contributed by atoms with Crippen LogP contribution in [0.25, 0.3) is 21.8 Å². The lowest BCUT2D eigenvalue weighted by Gasteiger charge is -2.08. The number of amides is 1. The van der Waals surface area contributed by atoms with E-state index in [1.807, 2.05) is 25.1 Å². The first kappa shape index (κ1) is 12.8. The Hall–Kier alpha value is -1.88. The van der Waals surface area contributed by atoms with Crippen LogP contribution < -0.4 is 5.32 Å². The highest BCUT2D eigenvalue weighted by Gasteiger charge is 2.29. The van der Waals surface area contributed by atoms with Gasteiger partial charge in [0.15, 0.2) is 5.82 Å². The molecule has 0 saturated heterocycles. The zero-order chi connectivity index (χ0) is 14.7. The van der Waals surface area contributed by atoms with Gasteiger partial charge in [-0.05, 0) is 30.2 Å². The summed E-state index contributed by atoms with van der Waals surface area (Å²) >= 11 is 3.45. The molecule has 1 aromatic heterocycles. The van der Waals surface area contributed by atoms with Crippen molar-refractivity contribution in [3.63, 3.8) is 0 Å². The highest BCUT2D eigenvalue weighted by molar-refractivity contribution is 9.10. The van der Waals surface area contributed by atoms with Crippen molar-refractivity contribution in [2.24, 2.45) is 0 Å². The summed E-state index contributed by atoms with van der Waals surface area (Å²) in [7, 11) is 0. The summed E-state index contributed by atoms with van der Waals surface area (Å²) in [4.78, 5) is 15.2. The summed E-state index contributed by atoms with van der Waals surface area (Å²) in [6, 6.07) is 5.79. The Morgan fingerprint density at radius 1 is 1.38 bits per heavy atom. The Balaban J connectivity index is 2.28. The zero-order valence-electron chi connectivity index (χ0n) is 11.3. The van der Waals surface area contributed by atoms with Gasteiger partial charge in [-0.25, -0.2) is 4.39 Å². The highest BCUT2D eigenvalue weighted by atomic mass is 79.9. The molecule has 3 nitrogen and oxygen atoms in total. The van der Waals surface area contributed by atoms with E-state index >= 15 is 0 Å². The first-order valence-electron chi connectivity index (χ1n) is 6.84. The summed E-state index contributed by atoms with van der Waals surface area (Å²) < 4.78 is 15.7. The molecule has 0 fully saturated rings. The molecule has 2 aromatic carbocycles. The number of hydrogen-bond donors (Lipinski definition) is 2. The Labute approximate surface area is 128 Å². The average Bonchev–Trinajstić information content (AvgIpc) is 3.01. The predicted molar refractivity (Wildman–Crippen MR) is 84.0 cm³/mol. The lowest BCUT2D eigenvalue weighted by Crippen LogP contribution is -2.14. The summed E-state index contributed by atoms with van der Waals surface area (Å²) in [6.07, 6.45) is 0.497. The maximum absolute atomic E-state index is 14.8. The molecule has 0 radical (unpaired) electrons. The van der Waals surface area contributed by atoms with Crippen LogP contribution in [0.4, 0.5) is 4.39 Å². The fraction of sp³-hybridized carbons (Fsp3) is 0.188. The average molecular weight is 347 g/mol. The van der Waals surface area contributed by atoms with E-state index in [2.05, 4.69) is 26.2 Å². The molecule has 0 bridgehead atoms. The molecule has 0 aliphatic carbocycles. The fourth-order valence-corrected chi connectivity index (χ4v) is 3.61. The van der Waals surface area contributed by atoms with E-state index in [0.717, 1.165) is 26.3 Å². The van der Waals surface area contributed by atoms with E-state index in [1.54, 1.807) is 0 Å². The first-order valence-corrected chi connectivity index (χ1v) is 7.63. The number of aromatic amines is 1. The van der Waals surface area contributed by atoms with Gasteiger partial charge in [0.05, 0.1) is 11.1 Å². The van der Waals surface area contributed by atoms with Crippen molar-refractivity contribution < 1.29 is 9.18 Å². The number of H-pyrrole nitrogens is 1. The van der Waals surface area contributed by atoms with Gasteiger partial charge in [0.2, 0.25) is 0 Å². The first-order chi connectivity index (χ1) is 10.1. The highest BCUT2D eigenvalue weighted by Crippen LogP contribution is 2.38. The van der Waals surface area contributed by atoms with Crippen molar-refractivity contribution in [2.45, 2.75) is 19.9 Å². The maximum Gasteiger partial charge on any atom is 0.252 e. The predicted octanol–water partition coefficient (Wildman–Crippen LogP) is 4.03. The molecule has 0 atom stereocenters. The summed E-state index contributed by atoms with van der Waals surface area (Å²) in [5.74, 6) is -0.484. The number of rotatable bonds is 1. The van der Waals surface area contributed by atoms with Crippen molar-refractivity contribution in [2.75, 3.05) is 0 Å². The van der Waals surface area contributed by atoms with Crippen LogP contribution in [0.1, 0.15) is 28.4 Å². The molecular formula is C16H12BrFN2O. The van der Waals surface area contributed by atoms with Crippen molar-refractivity contribution in [3.05, 3.63) is 45.2 Å². The normalized spacial score (nSPS) is 14.0. The Bertz CT molecular complexity index is 929. The van der Waals surface area contributed by atoms with Crippen molar-refractivity contribution in [1.29, 1.82) is 0 Å². The molecule has 0 saturated carbocycles. The molecule has 1 amide bonds. The monoisotopic (exact) mass is 346 g/mol. The molecule has 0 unspecified atom stereocenters. The number of aromatic nitrogens is 1. The third kappa shape index (κ3) is 1.61. The third-order valence-electron chi connectivity index (χ3n) is 4.16. The number of benzene rings is 2. The summed E-state index contributed by atoms with van der Waals surface area (Å²) in [5, 5.41) is 4.57. The van der Waals surface area contributed by atoms with Gasteiger partial charge in [-0.3, -0.25) is 4.79 Å². The number of carbonyl (C=O) groups excluding carboxylic acids is 1. The van der Waals surface area contributed by atoms with Gasteiger partial charge in [-0.1, -0.05) is 22.9 Å². The molecule has 1 aliphatic heterocycles. The fourth-order valence-electron chi connectivity index (χ4n) is 3.25. The largest absolute Gasteiger partial charge is 0.352 e. The zero-order valence-corrected chi connectivity index (χ0v) is 12.9. The SMILES string of the molecule is CCc1c2c(c3c([nH]c4ccc(Br)cc43)c1F)CNC2=O. The molecule has 1 aliphatic rings. The number of fused-ring (bicyclic) bond motifs is 5. The second-order valence-corrected chi connectivity index (χ2v) is 6.16. The number of nitrogens with one attached hydrogen (secondary N) is 2. The second kappa shape index (κ2) is 4.31. The van der Waals surface area contributed by atoms with Gasteiger partial charge in [0, 0.05) is 32.9 Å². The maximum atomic E-state index is 14.8. The van der Waals surface area contributed by atoms with Gasteiger partial charge in [0.25, 0.3) is 5.91 Å². The van der Waals surface area contributed by atoms with Crippen LogP contribution >= 0.6 is 15.9 Å². The molecule has 106 valence electrons. The third-order valence-corrected chi connectivity index (χ3v) is 4.65. The molecule has 21 heavy (non-hydrogen) atoms. The number of hydrogen-bond acceptors (Lipinski definition) is 1. The van der Waals surface area contributed by atoms with Crippen LogP contribution in [0.15, 0.2) is 22.7 Å². The van der Waals surface area contributed by atoms with Crippen molar-refractivity contribution >= 4 is 43.6 Å². The van der Waals surface area contributed by atoms with E-state index in [4.69, 9.17) is 0 Å². The number of carbonyl (C=O) groups is 1.